The Labute approximate surface area is 228 Å². The normalized spacial score (nSPS) is 17.3. The second-order valence-corrected chi connectivity index (χ2v) is 12.5. The van der Waals surface area contributed by atoms with E-state index in [0.717, 1.165) is 5.56 Å². The molecule has 0 bridgehead atoms. The molecule has 0 spiro atoms. The lowest BCUT2D eigenvalue weighted by Crippen LogP contribution is -2.53. The number of nitrogens with zero attached hydrogens (tertiary/aromatic N) is 1. The maximum Gasteiger partial charge on any atom is 0.312 e. The summed E-state index contributed by atoms with van der Waals surface area (Å²) in [4.78, 5) is 14.9. The van der Waals surface area contributed by atoms with Gasteiger partial charge < -0.3 is 24.9 Å². The molecule has 206 valence electrons. The molecule has 5 rings (SSSR count). The number of likely N-dealkylation sites (N-methyl/N-ethyl adjacent to an activating group) is 1. The van der Waals surface area contributed by atoms with Crippen LogP contribution in [0.5, 0.6) is 11.5 Å². The third-order valence-electron chi connectivity index (χ3n) is 7.33. The predicted octanol–water partition coefficient (Wildman–Crippen LogP) is 4.90. The third-order valence-corrected chi connectivity index (χ3v) is 9.05. The minimum atomic E-state index is -3.71. The number of fused-ring (bicyclic) bond motifs is 1. The van der Waals surface area contributed by atoms with E-state index in [1.807, 2.05) is 19.1 Å². The van der Waals surface area contributed by atoms with Crippen molar-refractivity contribution in [1.29, 1.82) is 0 Å². The number of rotatable bonds is 7. The number of aryl methyl sites for hydroxylation is 1. The van der Waals surface area contributed by atoms with Crippen LogP contribution in [0.25, 0.3) is 11.1 Å². The van der Waals surface area contributed by atoms with Gasteiger partial charge in [0.25, 0.3) is 5.91 Å². The Kier molecular flexibility index (Phi) is 6.59. The van der Waals surface area contributed by atoms with Crippen molar-refractivity contribution in [3.8, 4) is 22.6 Å². The molecule has 39 heavy (non-hydrogen) atoms. The molecule has 1 atom stereocenters. The number of methoxy groups -OCH3 is 1. The average Bonchev–Trinajstić information content (AvgIpc) is 3.74. The Hall–Kier alpha value is -3.63. The van der Waals surface area contributed by atoms with Gasteiger partial charge in [0.15, 0.2) is 0 Å². The van der Waals surface area contributed by atoms with E-state index in [1.54, 1.807) is 44.0 Å². The Balaban J connectivity index is 1.71. The lowest BCUT2D eigenvalue weighted by molar-refractivity contribution is -0.121. The third kappa shape index (κ3) is 4.83. The van der Waals surface area contributed by atoms with E-state index in [4.69, 9.17) is 14.7 Å². The SMILES string of the molecule is COc1cc(OS(=O)(=O)C2CC2)ccc1-c1ccc2c(c1C(N)c1cc(F)ccc1C)N(C)C(=O)C(C)(C)N2. The van der Waals surface area contributed by atoms with Crippen molar-refractivity contribution in [3.05, 3.63) is 71.0 Å². The van der Waals surface area contributed by atoms with Crippen molar-refractivity contribution in [2.45, 2.75) is 50.4 Å². The minimum Gasteiger partial charge on any atom is -0.496 e. The lowest BCUT2D eigenvalue weighted by Gasteiger charge is -2.40. The second kappa shape index (κ2) is 9.53. The first kappa shape index (κ1) is 27.0. The van der Waals surface area contributed by atoms with Crippen molar-refractivity contribution >= 4 is 27.4 Å². The molecule has 1 aliphatic heterocycles. The predicted molar refractivity (Wildman–Crippen MR) is 149 cm³/mol. The molecule has 3 aromatic carbocycles. The quantitative estimate of drug-likeness (QED) is 0.401. The van der Waals surface area contributed by atoms with Crippen LogP contribution >= 0.6 is 0 Å². The number of carbonyl (C=O) groups is 1. The van der Waals surface area contributed by atoms with Gasteiger partial charge >= 0.3 is 10.1 Å². The van der Waals surface area contributed by atoms with Crippen LogP contribution in [0, 0.1) is 12.7 Å². The van der Waals surface area contributed by atoms with Gasteiger partial charge in [0.1, 0.15) is 22.9 Å². The zero-order valence-corrected chi connectivity index (χ0v) is 23.4. The summed E-state index contributed by atoms with van der Waals surface area (Å²) in [5, 5.41) is 2.83. The van der Waals surface area contributed by atoms with Gasteiger partial charge in [-0.15, -0.1) is 0 Å². The first-order chi connectivity index (χ1) is 18.3. The fraction of sp³-hybridized carbons (Fsp3) is 0.345. The fourth-order valence-electron chi connectivity index (χ4n) is 5.14. The second-order valence-electron chi connectivity index (χ2n) is 10.7. The highest BCUT2D eigenvalue weighted by Gasteiger charge is 2.40. The number of hydrogen-bond acceptors (Lipinski definition) is 7. The van der Waals surface area contributed by atoms with Gasteiger partial charge in [0.2, 0.25) is 0 Å². The van der Waals surface area contributed by atoms with E-state index >= 15 is 0 Å². The zero-order chi connectivity index (χ0) is 28.3. The van der Waals surface area contributed by atoms with Crippen LogP contribution in [0.4, 0.5) is 15.8 Å². The van der Waals surface area contributed by atoms with Crippen molar-refractivity contribution in [2.24, 2.45) is 5.73 Å². The Bertz CT molecular complexity index is 1580. The Morgan fingerprint density at radius 1 is 1.10 bits per heavy atom. The smallest absolute Gasteiger partial charge is 0.312 e. The maximum absolute atomic E-state index is 14.4. The molecule has 1 fully saturated rings. The lowest BCUT2D eigenvalue weighted by atomic mass is 9.85. The molecule has 1 unspecified atom stereocenters. The molecule has 1 aliphatic carbocycles. The van der Waals surface area contributed by atoms with Crippen LogP contribution in [-0.4, -0.2) is 39.3 Å². The molecule has 3 N–H and O–H groups in total. The van der Waals surface area contributed by atoms with Crippen LogP contribution in [0.2, 0.25) is 0 Å². The summed E-state index contributed by atoms with van der Waals surface area (Å²) in [7, 11) is -0.537. The van der Waals surface area contributed by atoms with Crippen LogP contribution in [-0.2, 0) is 14.9 Å². The van der Waals surface area contributed by atoms with E-state index in [9.17, 15) is 17.6 Å². The Morgan fingerprint density at radius 3 is 2.46 bits per heavy atom. The molecular formula is C29H32FN3O5S. The summed E-state index contributed by atoms with van der Waals surface area (Å²) in [6, 6.07) is 12.2. The number of nitrogens with one attached hydrogen (secondary N) is 1. The van der Waals surface area contributed by atoms with Crippen molar-refractivity contribution in [3.63, 3.8) is 0 Å². The van der Waals surface area contributed by atoms with Gasteiger partial charge in [-0.1, -0.05) is 12.1 Å². The summed E-state index contributed by atoms with van der Waals surface area (Å²) >= 11 is 0. The molecule has 1 saturated carbocycles. The van der Waals surface area contributed by atoms with Crippen LogP contribution in [0.15, 0.2) is 48.5 Å². The van der Waals surface area contributed by atoms with Gasteiger partial charge in [0, 0.05) is 24.2 Å². The summed E-state index contributed by atoms with van der Waals surface area (Å²) < 4.78 is 50.2. The molecule has 0 saturated heterocycles. The van der Waals surface area contributed by atoms with E-state index < -0.39 is 32.8 Å². The number of carbonyl (C=O) groups excluding carboxylic acids is 1. The van der Waals surface area contributed by atoms with Crippen molar-refractivity contribution < 1.29 is 26.5 Å². The summed E-state index contributed by atoms with van der Waals surface area (Å²) in [6.07, 6.45) is 1.18. The number of nitrogens with two attached hydrogens (primary N) is 1. The fourth-order valence-corrected chi connectivity index (χ4v) is 6.36. The van der Waals surface area contributed by atoms with E-state index in [1.165, 1.54) is 25.3 Å². The van der Waals surface area contributed by atoms with Gasteiger partial charge in [-0.05, 0) is 80.6 Å². The number of hydrogen-bond donors (Lipinski definition) is 2. The number of anilines is 2. The molecule has 2 aliphatic rings. The minimum absolute atomic E-state index is 0.142. The molecule has 3 aromatic rings. The number of ether oxygens (including phenoxy) is 1. The highest BCUT2D eigenvalue weighted by molar-refractivity contribution is 7.88. The number of halogens is 1. The summed E-state index contributed by atoms with van der Waals surface area (Å²) in [5.41, 5.74) is 10.6. The van der Waals surface area contributed by atoms with Gasteiger partial charge in [-0.25, -0.2) is 4.39 Å². The maximum atomic E-state index is 14.4. The van der Waals surface area contributed by atoms with Crippen LogP contribution < -0.4 is 24.9 Å². The van der Waals surface area contributed by atoms with Crippen molar-refractivity contribution in [2.75, 3.05) is 24.4 Å². The summed E-state index contributed by atoms with van der Waals surface area (Å²) in [5.74, 6) is -0.0708. The largest absolute Gasteiger partial charge is 0.496 e. The molecule has 1 amide bonds. The van der Waals surface area contributed by atoms with Gasteiger partial charge in [0.05, 0.1) is 29.8 Å². The highest BCUT2D eigenvalue weighted by Crippen LogP contribution is 2.48. The molecule has 0 radical (unpaired) electrons. The Morgan fingerprint density at radius 2 is 1.79 bits per heavy atom. The van der Waals surface area contributed by atoms with Crippen molar-refractivity contribution in [1.82, 2.24) is 0 Å². The van der Waals surface area contributed by atoms with E-state index in [2.05, 4.69) is 5.32 Å². The topological polar surface area (TPSA) is 111 Å². The van der Waals surface area contributed by atoms with E-state index in [-0.39, 0.29) is 11.7 Å². The standard InChI is InChI=1S/C29H32FN3O5S/c1-16-6-7-17(30)14-22(16)26(31)25-21(12-13-23-27(25)33(4)28(34)29(2,3)32-23)20-11-8-18(15-24(20)37-5)38-39(35,36)19-9-10-19/h6-8,11-15,19,26,32H,9-10,31H2,1-5H3. The van der Waals surface area contributed by atoms with Crippen LogP contribution in [0.1, 0.15) is 49.4 Å². The van der Waals surface area contributed by atoms with E-state index in [0.29, 0.717) is 52.2 Å². The zero-order valence-electron chi connectivity index (χ0n) is 22.5. The molecular weight excluding hydrogens is 521 g/mol. The van der Waals surface area contributed by atoms with Gasteiger partial charge in [-0.2, -0.15) is 8.42 Å². The first-order valence-electron chi connectivity index (χ1n) is 12.7. The molecule has 10 heteroatoms. The van der Waals surface area contributed by atoms with Crippen LogP contribution in [0.3, 0.4) is 0 Å². The molecule has 0 aromatic heterocycles. The summed E-state index contributed by atoms with van der Waals surface area (Å²) in [6.45, 7) is 5.46. The van der Waals surface area contributed by atoms with Gasteiger partial charge in [-0.3, -0.25) is 4.79 Å². The number of amides is 1. The molecule has 8 nitrogen and oxygen atoms in total. The molecule has 1 heterocycles. The monoisotopic (exact) mass is 553 g/mol. The number of benzene rings is 3. The average molecular weight is 554 g/mol. The first-order valence-corrected chi connectivity index (χ1v) is 14.2. The highest BCUT2D eigenvalue weighted by atomic mass is 32.2.